The third-order valence-electron chi connectivity index (χ3n) is 3.25. The molecule has 0 amide bonds. The van der Waals surface area contributed by atoms with Crippen molar-refractivity contribution in [3.63, 3.8) is 0 Å². The average molecular weight is 270 g/mol. The van der Waals surface area contributed by atoms with Crippen LogP contribution < -0.4 is 5.56 Å². The second-order valence-corrected chi connectivity index (χ2v) is 4.82. The summed E-state index contributed by atoms with van der Waals surface area (Å²) >= 11 is 5.97. The molecule has 0 spiro atoms. The standard InChI is InChI=1S/C14H8ClN3O/c15-8-5-6-18-11(7-8)16-12-9-3-1-2-4-10(9)14(19)17-13(12)18/h1-7H,(H,17,19). The van der Waals surface area contributed by atoms with Gasteiger partial charge in [-0.05, 0) is 12.1 Å². The van der Waals surface area contributed by atoms with Gasteiger partial charge in [-0.15, -0.1) is 0 Å². The maximum atomic E-state index is 12.1. The highest BCUT2D eigenvalue weighted by Gasteiger charge is 2.10. The lowest BCUT2D eigenvalue weighted by molar-refractivity contribution is 1.17. The van der Waals surface area contributed by atoms with Crippen molar-refractivity contribution in [3.05, 3.63) is 58.0 Å². The Labute approximate surface area is 112 Å². The van der Waals surface area contributed by atoms with Crippen molar-refractivity contribution in [2.45, 2.75) is 0 Å². The summed E-state index contributed by atoms with van der Waals surface area (Å²) in [6.07, 6.45) is 1.80. The van der Waals surface area contributed by atoms with E-state index in [1.807, 2.05) is 22.6 Å². The molecule has 0 unspecified atom stereocenters. The number of hydrogen-bond donors (Lipinski definition) is 1. The molecule has 4 aromatic rings. The molecule has 3 aromatic heterocycles. The number of pyridine rings is 2. The van der Waals surface area contributed by atoms with Crippen molar-refractivity contribution in [2.75, 3.05) is 0 Å². The van der Waals surface area contributed by atoms with E-state index in [0.29, 0.717) is 16.1 Å². The van der Waals surface area contributed by atoms with Crippen LogP contribution in [0.5, 0.6) is 0 Å². The van der Waals surface area contributed by atoms with Gasteiger partial charge < -0.3 is 4.98 Å². The van der Waals surface area contributed by atoms with Gasteiger partial charge in [0.1, 0.15) is 16.8 Å². The van der Waals surface area contributed by atoms with Crippen LogP contribution in [-0.2, 0) is 0 Å². The molecule has 1 aromatic carbocycles. The van der Waals surface area contributed by atoms with E-state index in [1.54, 1.807) is 24.4 Å². The minimum atomic E-state index is -0.111. The zero-order valence-corrected chi connectivity index (χ0v) is 10.5. The molecule has 92 valence electrons. The fourth-order valence-corrected chi connectivity index (χ4v) is 2.54. The molecule has 1 N–H and O–H groups in total. The van der Waals surface area contributed by atoms with Crippen LogP contribution in [0.3, 0.4) is 0 Å². The third-order valence-corrected chi connectivity index (χ3v) is 3.48. The Hall–Kier alpha value is -2.33. The highest BCUT2D eigenvalue weighted by Crippen LogP contribution is 2.22. The maximum Gasteiger partial charge on any atom is 0.257 e. The summed E-state index contributed by atoms with van der Waals surface area (Å²) < 4.78 is 1.83. The molecule has 0 aliphatic heterocycles. The van der Waals surface area contributed by atoms with E-state index in [4.69, 9.17) is 11.6 Å². The fraction of sp³-hybridized carbons (Fsp3) is 0. The molecule has 0 saturated heterocycles. The van der Waals surface area contributed by atoms with Crippen LogP contribution in [0.25, 0.3) is 27.6 Å². The van der Waals surface area contributed by atoms with Gasteiger partial charge in [-0.2, -0.15) is 0 Å². The Morgan fingerprint density at radius 2 is 1.95 bits per heavy atom. The van der Waals surface area contributed by atoms with E-state index in [0.717, 1.165) is 16.6 Å². The SMILES string of the molecule is O=c1[nH]c2c(nc3cc(Cl)ccn32)c2ccccc12. The summed E-state index contributed by atoms with van der Waals surface area (Å²) in [5.41, 5.74) is 2.07. The Morgan fingerprint density at radius 3 is 2.79 bits per heavy atom. The number of H-pyrrole nitrogens is 1. The predicted molar refractivity (Wildman–Crippen MR) is 75.8 cm³/mol. The summed E-state index contributed by atoms with van der Waals surface area (Å²) in [7, 11) is 0. The lowest BCUT2D eigenvalue weighted by Gasteiger charge is -1.98. The number of imidazole rings is 1. The monoisotopic (exact) mass is 269 g/mol. The molecule has 0 saturated carbocycles. The molecule has 0 aliphatic rings. The topological polar surface area (TPSA) is 50.2 Å². The van der Waals surface area contributed by atoms with Gasteiger partial charge in [0.2, 0.25) is 0 Å². The van der Waals surface area contributed by atoms with E-state index >= 15 is 0 Å². The number of benzene rings is 1. The number of aromatic amines is 1. The first kappa shape index (κ1) is 10.6. The Morgan fingerprint density at radius 1 is 1.16 bits per heavy atom. The highest BCUT2D eigenvalue weighted by atomic mass is 35.5. The van der Waals surface area contributed by atoms with Crippen LogP contribution in [0, 0.1) is 0 Å². The molecule has 5 heteroatoms. The molecule has 0 fully saturated rings. The molecule has 0 radical (unpaired) electrons. The average Bonchev–Trinajstić information content (AvgIpc) is 2.77. The first-order valence-electron chi connectivity index (χ1n) is 5.82. The molecule has 4 rings (SSSR count). The number of fused-ring (bicyclic) bond motifs is 5. The van der Waals surface area contributed by atoms with Crippen molar-refractivity contribution in [1.82, 2.24) is 14.4 Å². The van der Waals surface area contributed by atoms with Gasteiger partial charge in [0, 0.05) is 28.1 Å². The summed E-state index contributed by atoms with van der Waals surface area (Å²) in [4.78, 5) is 19.5. The minimum Gasteiger partial charge on any atom is -0.306 e. The summed E-state index contributed by atoms with van der Waals surface area (Å²) in [5.74, 6) is 0. The van der Waals surface area contributed by atoms with E-state index in [2.05, 4.69) is 9.97 Å². The van der Waals surface area contributed by atoms with E-state index in [9.17, 15) is 4.79 Å². The molecular weight excluding hydrogens is 262 g/mol. The number of halogens is 1. The largest absolute Gasteiger partial charge is 0.306 e. The van der Waals surface area contributed by atoms with Crippen LogP contribution in [-0.4, -0.2) is 14.4 Å². The van der Waals surface area contributed by atoms with Gasteiger partial charge in [0.15, 0.2) is 0 Å². The van der Waals surface area contributed by atoms with Crippen molar-refractivity contribution < 1.29 is 0 Å². The number of aromatic nitrogens is 3. The van der Waals surface area contributed by atoms with Gasteiger partial charge in [0.25, 0.3) is 5.56 Å². The van der Waals surface area contributed by atoms with E-state index in [1.165, 1.54) is 0 Å². The first-order valence-corrected chi connectivity index (χ1v) is 6.20. The van der Waals surface area contributed by atoms with Crippen LogP contribution >= 0.6 is 11.6 Å². The molecule has 0 atom stereocenters. The number of rotatable bonds is 0. The van der Waals surface area contributed by atoms with Crippen LogP contribution in [0.4, 0.5) is 0 Å². The Kier molecular flexibility index (Phi) is 2.00. The van der Waals surface area contributed by atoms with Crippen molar-refractivity contribution in [2.24, 2.45) is 0 Å². The van der Waals surface area contributed by atoms with Gasteiger partial charge >= 0.3 is 0 Å². The fourth-order valence-electron chi connectivity index (χ4n) is 2.39. The Bertz CT molecular complexity index is 1000. The van der Waals surface area contributed by atoms with E-state index in [-0.39, 0.29) is 5.56 Å². The highest BCUT2D eigenvalue weighted by molar-refractivity contribution is 6.30. The van der Waals surface area contributed by atoms with E-state index < -0.39 is 0 Å². The number of nitrogens with zero attached hydrogens (tertiary/aromatic N) is 2. The van der Waals surface area contributed by atoms with Crippen LogP contribution in [0.1, 0.15) is 0 Å². The van der Waals surface area contributed by atoms with Gasteiger partial charge in [-0.1, -0.05) is 29.8 Å². The van der Waals surface area contributed by atoms with Crippen molar-refractivity contribution in [1.29, 1.82) is 0 Å². The smallest absolute Gasteiger partial charge is 0.257 e. The van der Waals surface area contributed by atoms with Gasteiger partial charge in [0.05, 0.1) is 0 Å². The summed E-state index contributed by atoms with van der Waals surface area (Å²) in [6.45, 7) is 0. The zero-order chi connectivity index (χ0) is 13.0. The molecule has 19 heavy (non-hydrogen) atoms. The molecule has 3 heterocycles. The molecular formula is C14H8ClN3O. The van der Waals surface area contributed by atoms with Gasteiger partial charge in [-0.25, -0.2) is 4.98 Å². The first-order chi connectivity index (χ1) is 9.24. The second-order valence-electron chi connectivity index (χ2n) is 4.38. The van der Waals surface area contributed by atoms with Crippen LogP contribution in [0.15, 0.2) is 47.4 Å². The minimum absolute atomic E-state index is 0.111. The van der Waals surface area contributed by atoms with Crippen LogP contribution in [0.2, 0.25) is 5.02 Å². The molecule has 0 bridgehead atoms. The number of nitrogens with one attached hydrogen (secondary N) is 1. The van der Waals surface area contributed by atoms with Crippen molar-refractivity contribution >= 4 is 39.2 Å². The number of hydrogen-bond acceptors (Lipinski definition) is 2. The van der Waals surface area contributed by atoms with Crippen molar-refractivity contribution in [3.8, 4) is 0 Å². The third kappa shape index (κ3) is 1.40. The molecule has 4 nitrogen and oxygen atoms in total. The normalized spacial score (nSPS) is 11.6. The maximum absolute atomic E-state index is 12.1. The quantitative estimate of drug-likeness (QED) is 0.533. The van der Waals surface area contributed by atoms with Gasteiger partial charge in [-0.3, -0.25) is 9.20 Å². The second kappa shape index (κ2) is 3.59. The lowest BCUT2D eigenvalue weighted by atomic mass is 10.1. The Balaban J connectivity index is 2.35. The zero-order valence-electron chi connectivity index (χ0n) is 9.72. The lowest BCUT2D eigenvalue weighted by Crippen LogP contribution is -2.06. The molecule has 0 aliphatic carbocycles. The summed E-state index contributed by atoms with van der Waals surface area (Å²) in [6, 6.07) is 11.0. The summed E-state index contributed by atoms with van der Waals surface area (Å²) in [5, 5.41) is 2.11. The predicted octanol–water partition coefficient (Wildman–Crippen LogP) is 2.98.